The first-order valence-corrected chi connectivity index (χ1v) is 10.00. The summed E-state index contributed by atoms with van der Waals surface area (Å²) < 4.78 is 4.42. The van der Waals surface area contributed by atoms with E-state index in [0.717, 1.165) is 45.3 Å². The second kappa shape index (κ2) is 5.85. The normalized spacial score (nSPS) is 15.8. The van der Waals surface area contributed by atoms with E-state index in [-0.39, 0.29) is 6.29 Å². The van der Waals surface area contributed by atoms with Gasteiger partial charge in [-0.3, -0.25) is 9.47 Å². The zero-order valence-electron chi connectivity index (χ0n) is 16.2. The molecule has 142 valence electrons. The van der Waals surface area contributed by atoms with Crippen molar-refractivity contribution in [1.82, 2.24) is 19.1 Å². The Labute approximate surface area is 168 Å². The maximum Gasteiger partial charge on any atom is 0.221 e. The predicted octanol–water partition coefficient (Wildman–Crippen LogP) is 5.43. The van der Waals surface area contributed by atoms with Gasteiger partial charge in [-0.15, -0.1) is 0 Å². The van der Waals surface area contributed by atoms with E-state index in [1.165, 1.54) is 0 Å². The number of nitrogens with zero attached hydrogens (tertiary/aromatic N) is 5. The van der Waals surface area contributed by atoms with Gasteiger partial charge in [-0.05, 0) is 36.4 Å². The summed E-state index contributed by atoms with van der Waals surface area (Å²) in [5, 5.41) is 3.65. The van der Waals surface area contributed by atoms with Gasteiger partial charge in [-0.2, -0.15) is 0 Å². The van der Waals surface area contributed by atoms with Gasteiger partial charge in [0.05, 0.1) is 33.4 Å². The van der Waals surface area contributed by atoms with E-state index in [1.54, 1.807) is 0 Å². The standard InChI is InChI=1S/C21H14N6.C2H6/c1-4-10-16-13(7-1)22-19-25(16)20-23-15-9-3-6-12-18(15)27(20)21-24-14-8-2-5-11-17(14)26(19)21;1-2/h1-12,19,22H;1-2H3. The van der Waals surface area contributed by atoms with E-state index in [1.807, 2.05) is 32.0 Å². The van der Waals surface area contributed by atoms with Crippen LogP contribution in [-0.2, 0) is 0 Å². The number of rotatable bonds is 0. The van der Waals surface area contributed by atoms with Crippen LogP contribution < -0.4 is 10.2 Å². The Bertz CT molecular complexity index is 1380. The number of nitrogens with one attached hydrogen (secondary N) is 1. The molecule has 0 fully saturated rings. The maximum atomic E-state index is 4.96. The molecule has 1 atom stereocenters. The van der Waals surface area contributed by atoms with Crippen LogP contribution in [0, 0.1) is 0 Å². The summed E-state index contributed by atoms with van der Waals surface area (Å²) in [4.78, 5) is 12.2. The second-order valence-electron chi connectivity index (χ2n) is 6.91. The van der Waals surface area contributed by atoms with Crippen LogP contribution in [0.3, 0.4) is 0 Å². The third kappa shape index (κ3) is 2.00. The zero-order valence-corrected chi connectivity index (χ0v) is 16.2. The predicted molar refractivity (Wildman–Crippen MR) is 117 cm³/mol. The lowest BCUT2D eigenvalue weighted by Crippen LogP contribution is -2.36. The smallest absolute Gasteiger partial charge is 0.221 e. The summed E-state index contributed by atoms with van der Waals surface area (Å²) in [7, 11) is 0. The molecule has 3 aromatic carbocycles. The molecule has 6 heteroatoms. The summed E-state index contributed by atoms with van der Waals surface area (Å²) in [5.74, 6) is 1.78. The first kappa shape index (κ1) is 16.2. The van der Waals surface area contributed by atoms with Crippen LogP contribution in [0.1, 0.15) is 20.1 Å². The van der Waals surface area contributed by atoms with Crippen molar-refractivity contribution < 1.29 is 0 Å². The van der Waals surface area contributed by atoms with E-state index in [0.29, 0.717) is 0 Å². The molecule has 0 bridgehead atoms. The molecule has 2 aliphatic rings. The van der Waals surface area contributed by atoms with E-state index < -0.39 is 0 Å². The molecule has 2 aromatic heterocycles. The number of anilines is 3. The largest absolute Gasteiger partial charge is 0.346 e. The SMILES string of the molecule is CC.c1ccc2c(c1)NC1N2c2nc3ccccc3n2-c2nc3ccccc3n21. The summed E-state index contributed by atoms with van der Waals surface area (Å²) in [6.45, 7) is 4.00. The van der Waals surface area contributed by atoms with Gasteiger partial charge in [0.2, 0.25) is 11.9 Å². The number of para-hydroxylation sites is 6. The summed E-state index contributed by atoms with van der Waals surface area (Å²) in [6, 6.07) is 24.9. The Morgan fingerprint density at radius 2 is 1.34 bits per heavy atom. The van der Waals surface area contributed by atoms with Crippen LogP contribution in [0.4, 0.5) is 17.3 Å². The van der Waals surface area contributed by atoms with Gasteiger partial charge in [0.1, 0.15) is 0 Å². The minimum absolute atomic E-state index is 0.0888. The first-order valence-electron chi connectivity index (χ1n) is 10.00. The third-order valence-electron chi connectivity index (χ3n) is 5.47. The van der Waals surface area contributed by atoms with Crippen molar-refractivity contribution in [1.29, 1.82) is 0 Å². The molecule has 0 spiro atoms. The van der Waals surface area contributed by atoms with Crippen molar-refractivity contribution in [2.75, 3.05) is 10.2 Å². The molecule has 1 unspecified atom stereocenters. The molecule has 2 aliphatic heterocycles. The van der Waals surface area contributed by atoms with Crippen molar-refractivity contribution >= 4 is 39.4 Å². The number of hydrogen-bond donors (Lipinski definition) is 1. The van der Waals surface area contributed by atoms with Gasteiger partial charge in [-0.1, -0.05) is 50.2 Å². The molecule has 0 saturated carbocycles. The molecule has 6 nitrogen and oxygen atoms in total. The fourth-order valence-corrected chi connectivity index (χ4v) is 4.34. The average molecular weight is 380 g/mol. The van der Waals surface area contributed by atoms with Crippen molar-refractivity contribution in [3.8, 4) is 5.95 Å². The number of benzene rings is 3. The fourth-order valence-electron chi connectivity index (χ4n) is 4.34. The van der Waals surface area contributed by atoms with E-state index >= 15 is 0 Å². The molecule has 0 radical (unpaired) electrons. The molecule has 0 amide bonds. The van der Waals surface area contributed by atoms with Crippen molar-refractivity contribution in [3.63, 3.8) is 0 Å². The minimum atomic E-state index is -0.0888. The fraction of sp³-hybridized carbons (Fsp3) is 0.130. The summed E-state index contributed by atoms with van der Waals surface area (Å²) in [6.07, 6.45) is -0.0888. The van der Waals surface area contributed by atoms with Gasteiger partial charge in [0, 0.05) is 0 Å². The van der Waals surface area contributed by atoms with E-state index in [2.05, 4.69) is 73.9 Å². The van der Waals surface area contributed by atoms with Gasteiger partial charge in [0.25, 0.3) is 0 Å². The second-order valence-corrected chi connectivity index (χ2v) is 6.91. The molecule has 1 N–H and O–H groups in total. The van der Waals surface area contributed by atoms with Crippen molar-refractivity contribution in [2.24, 2.45) is 0 Å². The Kier molecular flexibility index (Phi) is 3.26. The topological polar surface area (TPSA) is 50.9 Å². The molecule has 29 heavy (non-hydrogen) atoms. The summed E-state index contributed by atoms with van der Waals surface area (Å²) >= 11 is 0. The van der Waals surface area contributed by atoms with Gasteiger partial charge >= 0.3 is 0 Å². The highest BCUT2D eigenvalue weighted by Crippen LogP contribution is 2.49. The highest BCUT2D eigenvalue weighted by atomic mass is 15.6. The quantitative estimate of drug-likeness (QED) is 0.389. The van der Waals surface area contributed by atoms with Crippen molar-refractivity contribution in [3.05, 3.63) is 72.8 Å². The summed E-state index contributed by atoms with van der Waals surface area (Å²) in [5.41, 5.74) is 6.35. The molecule has 4 heterocycles. The Hall–Kier alpha value is -3.80. The molecular formula is C23H20N6. The molecule has 5 aromatic rings. The zero-order chi connectivity index (χ0) is 19.5. The molecular weight excluding hydrogens is 360 g/mol. The van der Waals surface area contributed by atoms with E-state index in [9.17, 15) is 0 Å². The van der Waals surface area contributed by atoms with Crippen molar-refractivity contribution in [2.45, 2.75) is 20.1 Å². The first-order chi connectivity index (χ1) is 14.4. The average Bonchev–Trinajstić information content (AvgIpc) is 3.45. The van der Waals surface area contributed by atoms with Crippen LogP contribution in [0.15, 0.2) is 72.8 Å². The van der Waals surface area contributed by atoms with Crippen LogP contribution in [-0.4, -0.2) is 19.1 Å². The van der Waals surface area contributed by atoms with Gasteiger partial charge in [0.15, 0.2) is 6.29 Å². The van der Waals surface area contributed by atoms with Crippen LogP contribution >= 0.6 is 0 Å². The number of aromatic nitrogens is 4. The van der Waals surface area contributed by atoms with E-state index in [4.69, 9.17) is 9.97 Å². The number of hydrogen-bond acceptors (Lipinski definition) is 4. The maximum absolute atomic E-state index is 4.96. The minimum Gasteiger partial charge on any atom is -0.346 e. The molecule has 7 rings (SSSR count). The lowest BCUT2D eigenvalue weighted by molar-refractivity contribution is 0.552. The van der Waals surface area contributed by atoms with Crippen LogP contribution in [0.2, 0.25) is 0 Å². The molecule has 0 aliphatic carbocycles. The van der Waals surface area contributed by atoms with Gasteiger partial charge in [-0.25, -0.2) is 14.5 Å². The van der Waals surface area contributed by atoms with Crippen LogP contribution in [0.5, 0.6) is 0 Å². The highest BCUT2D eigenvalue weighted by Gasteiger charge is 2.41. The van der Waals surface area contributed by atoms with Gasteiger partial charge < -0.3 is 5.32 Å². The monoisotopic (exact) mass is 380 g/mol. The van der Waals surface area contributed by atoms with Crippen LogP contribution in [0.25, 0.3) is 28.0 Å². The lowest BCUT2D eigenvalue weighted by atomic mass is 10.3. The highest BCUT2D eigenvalue weighted by molar-refractivity contribution is 5.90. The lowest BCUT2D eigenvalue weighted by Gasteiger charge is -2.33. The Morgan fingerprint density at radius 1 is 0.724 bits per heavy atom. The molecule has 0 saturated heterocycles. The Morgan fingerprint density at radius 3 is 2.17 bits per heavy atom. The number of fused-ring (bicyclic) bond motifs is 12. The number of imidazole rings is 2. The third-order valence-corrected chi connectivity index (χ3v) is 5.47. The Balaban J connectivity index is 0.000000803.